The number of esters is 1. The third-order valence-corrected chi connectivity index (χ3v) is 2.42. The molecule has 2 aromatic heterocycles. The second-order valence-electron chi connectivity index (χ2n) is 3.28. The molecule has 0 aliphatic carbocycles. The minimum atomic E-state index is -0.872. The third-order valence-electron chi connectivity index (χ3n) is 2.21. The number of carbonyl (C=O) groups is 2. The van der Waals surface area contributed by atoms with Gasteiger partial charge in [-0.05, 0) is 19.1 Å². The Bertz CT molecular complexity index is 591. The van der Waals surface area contributed by atoms with Gasteiger partial charge in [-0.2, -0.15) is 0 Å². The van der Waals surface area contributed by atoms with Gasteiger partial charge in [0.05, 0.1) is 12.2 Å². The molecule has 0 amide bonds. The highest BCUT2D eigenvalue weighted by Gasteiger charge is 2.21. The van der Waals surface area contributed by atoms with Crippen molar-refractivity contribution in [2.75, 3.05) is 6.61 Å². The van der Waals surface area contributed by atoms with Crippen LogP contribution in [-0.4, -0.2) is 28.3 Å². The number of pyridine rings is 1. The van der Waals surface area contributed by atoms with E-state index in [9.17, 15) is 9.59 Å². The van der Waals surface area contributed by atoms with Crippen LogP contribution in [0.4, 0.5) is 0 Å². The number of nitrogens with one attached hydrogen (secondary N) is 1. The lowest BCUT2D eigenvalue weighted by atomic mass is 10.1. The average molecular weight is 253 g/mol. The fourth-order valence-corrected chi connectivity index (χ4v) is 1.62. The molecule has 0 unspecified atom stereocenters. The highest BCUT2D eigenvalue weighted by Crippen LogP contribution is 2.19. The molecule has 6 heteroatoms. The van der Waals surface area contributed by atoms with E-state index < -0.39 is 11.8 Å². The summed E-state index contributed by atoms with van der Waals surface area (Å²) >= 11 is 5.71. The van der Waals surface area contributed by atoms with Gasteiger partial charge in [0.25, 0.3) is 5.78 Å². The number of halogens is 1. The molecule has 0 atom stereocenters. The summed E-state index contributed by atoms with van der Waals surface area (Å²) in [6, 6.07) is 3.19. The zero-order valence-corrected chi connectivity index (χ0v) is 9.75. The first-order valence-corrected chi connectivity index (χ1v) is 5.36. The number of ketones is 1. The van der Waals surface area contributed by atoms with Crippen LogP contribution in [0.15, 0.2) is 18.3 Å². The fraction of sp³-hybridized carbons (Fsp3) is 0.182. The Hall–Kier alpha value is -1.88. The van der Waals surface area contributed by atoms with Crippen LogP contribution < -0.4 is 0 Å². The zero-order chi connectivity index (χ0) is 12.4. The normalized spacial score (nSPS) is 10.5. The molecule has 0 saturated carbocycles. The topological polar surface area (TPSA) is 72.1 Å². The third kappa shape index (κ3) is 2.14. The van der Waals surface area contributed by atoms with Gasteiger partial charge < -0.3 is 9.72 Å². The van der Waals surface area contributed by atoms with Crippen LogP contribution in [0.3, 0.4) is 0 Å². The van der Waals surface area contributed by atoms with Gasteiger partial charge in [0.15, 0.2) is 0 Å². The molecule has 2 aromatic rings. The highest BCUT2D eigenvalue weighted by atomic mass is 35.5. The van der Waals surface area contributed by atoms with Crippen molar-refractivity contribution in [3.63, 3.8) is 0 Å². The van der Waals surface area contributed by atoms with Gasteiger partial charge in [0, 0.05) is 11.6 Å². The molecule has 0 radical (unpaired) electrons. The second-order valence-corrected chi connectivity index (χ2v) is 3.67. The summed E-state index contributed by atoms with van der Waals surface area (Å²) in [6.45, 7) is 1.80. The number of aromatic amines is 1. The Morgan fingerprint density at radius 1 is 1.47 bits per heavy atom. The summed E-state index contributed by atoms with van der Waals surface area (Å²) in [5.41, 5.74) is 0.702. The van der Waals surface area contributed by atoms with E-state index in [0.29, 0.717) is 16.2 Å². The molecule has 2 heterocycles. The number of carbonyl (C=O) groups excluding carboxylic acids is 2. The standard InChI is InChI=1S/C11H9ClN2O3/c1-2-17-11(16)9(15)7-5-13-10-6(7)3-4-8(12)14-10/h3-5H,2H2,1H3,(H,13,14). The number of Topliss-reactive ketones (excluding diaryl/α,β-unsaturated/α-hetero) is 1. The van der Waals surface area contributed by atoms with Crippen LogP contribution >= 0.6 is 11.6 Å². The van der Waals surface area contributed by atoms with Crippen molar-refractivity contribution in [1.29, 1.82) is 0 Å². The predicted octanol–water partition coefficient (Wildman–Crippen LogP) is 1.96. The maximum atomic E-state index is 11.7. The van der Waals surface area contributed by atoms with E-state index in [1.54, 1.807) is 19.1 Å². The fourth-order valence-electron chi connectivity index (χ4n) is 1.48. The number of hydrogen-bond acceptors (Lipinski definition) is 4. The maximum absolute atomic E-state index is 11.7. The number of rotatable bonds is 3. The van der Waals surface area contributed by atoms with Crippen molar-refractivity contribution in [3.05, 3.63) is 29.0 Å². The Labute approximate surface area is 102 Å². The first-order valence-electron chi connectivity index (χ1n) is 4.98. The molecule has 0 saturated heterocycles. The summed E-state index contributed by atoms with van der Waals surface area (Å²) in [5.74, 6) is -1.56. The number of nitrogens with zero attached hydrogens (tertiary/aromatic N) is 1. The molecular formula is C11H9ClN2O3. The van der Waals surface area contributed by atoms with Crippen LogP contribution in [0.2, 0.25) is 5.15 Å². The van der Waals surface area contributed by atoms with Gasteiger partial charge >= 0.3 is 5.97 Å². The van der Waals surface area contributed by atoms with Crippen LogP contribution in [-0.2, 0) is 9.53 Å². The molecule has 0 spiro atoms. The first-order chi connectivity index (χ1) is 8.13. The quantitative estimate of drug-likeness (QED) is 0.392. The van der Waals surface area contributed by atoms with Gasteiger partial charge in [-0.1, -0.05) is 11.6 Å². The van der Waals surface area contributed by atoms with Gasteiger partial charge in [-0.15, -0.1) is 0 Å². The van der Waals surface area contributed by atoms with E-state index in [1.807, 2.05) is 0 Å². The Balaban J connectivity index is 2.43. The van der Waals surface area contributed by atoms with E-state index in [2.05, 4.69) is 14.7 Å². The van der Waals surface area contributed by atoms with Crippen molar-refractivity contribution in [1.82, 2.24) is 9.97 Å². The smallest absolute Gasteiger partial charge is 0.379 e. The number of ether oxygens (including phenoxy) is 1. The zero-order valence-electron chi connectivity index (χ0n) is 8.99. The molecule has 0 aromatic carbocycles. The summed E-state index contributed by atoms with van der Waals surface area (Å²) in [4.78, 5) is 29.8. The van der Waals surface area contributed by atoms with E-state index in [0.717, 1.165) is 0 Å². The highest BCUT2D eigenvalue weighted by molar-refractivity contribution is 6.43. The Kier molecular flexibility index (Phi) is 3.10. The van der Waals surface area contributed by atoms with E-state index in [4.69, 9.17) is 11.6 Å². The van der Waals surface area contributed by atoms with Gasteiger partial charge in [-0.3, -0.25) is 4.79 Å². The van der Waals surface area contributed by atoms with Crippen LogP contribution in [0.5, 0.6) is 0 Å². The minimum absolute atomic E-state index is 0.164. The van der Waals surface area contributed by atoms with Crippen molar-refractivity contribution in [3.8, 4) is 0 Å². The van der Waals surface area contributed by atoms with E-state index >= 15 is 0 Å². The lowest BCUT2D eigenvalue weighted by Crippen LogP contribution is -2.17. The summed E-state index contributed by atoms with van der Waals surface area (Å²) < 4.78 is 4.65. The van der Waals surface area contributed by atoms with E-state index in [1.165, 1.54) is 6.20 Å². The largest absolute Gasteiger partial charge is 0.460 e. The SMILES string of the molecule is CCOC(=O)C(=O)c1c[nH]c2nc(Cl)ccc12. The van der Waals surface area contributed by atoms with E-state index in [-0.39, 0.29) is 12.2 Å². The number of H-pyrrole nitrogens is 1. The molecule has 17 heavy (non-hydrogen) atoms. The number of aromatic nitrogens is 2. The summed E-state index contributed by atoms with van der Waals surface area (Å²) in [5, 5.41) is 0.863. The Morgan fingerprint density at radius 2 is 2.24 bits per heavy atom. The van der Waals surface area contributed by atoms with Gasteiger partial charge in [0.2, 0.25) is 0 Å². The van der Waals surface area contributed by atoms with Crippen molar-refractivity contribution in [2.24, 2.45) is 0 Å². The molecule has 1 N–H and O–H groups in total. The lowest BCUT2D eigenvalue weighted by Gasteiger charge is -1.99. The number of hydrogen-bond donors (Lipinski definition) is 1. The average Bonchev–Trinajstić information content (AvgIpc) is 2.71. The predicted molar refractivity (Wildman–Crippen MR) is 62.1 cm³/mol. The lowest BCUT2D eigenvalue weighted by molar-refractivity contribution is -0.137. The molecular weight excluding hydrogens is 244 g/mol. The van der Waals surface area contributed by atoms with Crippen molar-refractivity contribution < 1.29 is 14.3 Å². The molecule has 0 aliphatic heterocycles. The first kappa shape index (κ1) is 11.6. The van der Waals surface area contributed by atoms with Crippen LogP contribution in [0, 0.1) is 0 Å². The van der Waals surface area contributed by atoms with Gasteiger partial charge in [-0.25, -0.2) is 9.78 Å². The van der Waals surface area contributed by atoms with Crippen molar-refractivity contribution >= 4 is 34.4 Å². The molecule has 88 valence electrons. The monoisotopic (exact) mass is 252 g/mol. The Morgan fingerprint density at radius 3 is 2.94 bits per heavy atom. The summed E-state index contributed by atoms with van der Waals surface area (Å²) in [6.07, 6.45) is 1.42. The molecule has 0 bridgehead atoms. The molecule has 5 nitrogen and oxygen atoms in total. The second kappa shape index (κ2) is 4.55. The molecule has 0 fully saturated rings. The van der Waals surface area contributed by atoms with Crippen LogP contribution in [0.25, 0.3) is 11.0 Å². The minimum Gasteiger partial charge on any atom is -0.460 e. The molecule has 0 aliphatic rings. The van der Waals surface area contributed by atoms with Crippen LogP contribution in [0.1, 0.15) is 17.3 Å². The molecule has 2 rings (SSSR count). The van der Waals surface area contributed by atoms with Crippen molar-refractivity contribution in [2.45, 2.75) is 6.92 Å². The summed E-state index contributed by atoms with van der Waals surface area (Å²) in [7, 11) is 0. The van der Waals surface area contributed by atoms with Gasteiger partial charge in [0.1, 0.15) is 10.8 Å². The maximum Gasteiger partial charge on any atom is 0.379 e. The number of fused-ring (bicyclic) bond motifs is 1.